The quantitative estimate of drug-likeness (QED) is 0.0553. The molecule has 0 saturated carbocycles. The molecule has 0 atom stereocenters. The Morgan fingerprint density at radius 3 is 2.11 bits per heavy atom. The number of aryl methyl sites for hydroxylation is 2. The van der Waals surface area contributed by atoms with Crippen molar-refractivity contribution in [3.63, 3.8) is 0 Å². The molecule has 318 valence electrons. The Labute approximate surface area is 370 Å². The Bertz CT molecular complexity index is 3230. The number of carbonyl (C=O) groups is 3. The summed E-state index contributed by atoms with van der Waals surface area (Å²) in [5.74, 6) is -1.60. The van der Waals surface area contributed by atoms with Crippen LogP contribution in [0.1, 0.15) is 56.0 Å². The monoisotopic (exact) mass is 883 g/mol. The van der Waals surface area contributed by atoms with Crippen LogP contribution in [0, 0.1) is 13.8 Å². The molecule has 4 aliphatic rings. The predicted octanol–water partition coefficient (Wildman–Crippen LogP) is 8.00. The summed E-state index contributed by atoms with van der Waals surface area (Å²) in [7, 11) is 0. The average molecular weight is 885 g/mol. The SMILES string of the molecule is CCNc1cc2oc3cc(=[NH+]CC)c(C)cc-3c(-c3c(Cl)cc(C(=O)NCCNC(=O)c4ccc(-c5c6ccc(=O)cc-6oc6cc(O)ccc56)cc4)c(Cl)c3C(=O)O)c2cc1C. The first-order valence-electron chi connectivity index (χ1n) is 20.2. The Hall–Kier alpha value is -7.15. The van der Waals surface area contributed by atoms with E-state index in [9.17, 15) is 29.4 Å². The van der Waals surface area contributed by atoms with Gasteiger partial charge >= 0.3 is 5.97 Å². The number of fused-ring (bicyclic) bond motifs is 4. The van der Waals surface area contributed by atoms with Gasteiger partial charge in [-0.15, -0.1) is 0 Å². The summed E-state index contributed by atoms with van der Waals surface area (Å²) in [5, 5.41) is 31.5. The number of benzene rings is 6. The highest BCUT2D eigenvalue weighted by Gasteiger charge is 2.30. The fourth-order valence-electron chi connectivity index (χ4n) is 7.97. The van der Waals surface area contributed by atoms with Crippen LogP contribution in [-0.4, -0.2) is 54.2 Å². The lowest BCUT2D eigenvalue weighted by Crippen LogP contribution is -2.76. The lowest BCUT2D eigenvalue weighted by molar-refractivity contribution is -0.496. The fraction of sp³-hybridized carbons (Fsp3) is 0.163. The van der Waals surface area contributed by atoms with E-state index in [4.69, 9.17) is 32.0 Å². The number of phenols is 1. The zero-order valence-corrected chi connectivity index (χ0v) is 36.1. The van der Waals surface area contributed by atoms with Crippen molar-refractivity contribution in [3.8, 4) is 50.7 Å². The molecule has 63 heavy (non-hydrogen) atoms. The zero-order chi connectivity index (χ0) is 44.7. The fourth-order valence-corrected chi connectivity index (χ4v) is 8.59. The molecule has 2 aliphatic heterocycles. The van der Waals surface area contributed by atoms with Gasteiger partial charge in [0.1, 0.15) is 35.0 Å². The standard InChI is InChI=1S/C49H40Cl2N4O8/c1-5-52-36-22-40-32(17-24(36)3)43(33-18-25(4)37(53-6-2)23-41(33)63-40)44-35(50)21-34(46(51)45(44)49(60)61)48(59)55-16-15-54-47(58)27-9-7-26(8-10-27)42-30-13-11-28(56)19-38(30)62-39-20-29(57)12-14-31(39)42/h7-14,17-23,52,56H,5-6,15-16H2,1-4H3,(H,54,58)(H,55,59)(H,60,61)/p+1. The molecule has 0 unspecified atom stereocenters. The smallest absolute Gasteiger partial charge is 0.337 e. The number of phenolic OH excluding ortho intramolecular Hbond substituents is 1. The zero-order valence-electron chi connectivity index (χ0n) is 34.6. The Kier molecular flexibility index (Phi) is 11.7. The minimum atomic E-state index is -1.38. The highest BCUT2D eigenvalue weighted by molar-refractivity contribution is 6.41. The Balaban J connectivity index is 1.05. The van der Waals surface area contributed by atoms with Gasteiger partial charge < -0.3 is 35.0 Å². The number of anilines is 1. The second-order valence-electron chi connectivity index (χ2n) is 15.0. The van der Waals surface area contributed by atoms with Gasteiger partial charge in [0, 0.05) is 93.2 Å². The van der Waals surface area contributed by atoms with Crippen molar-refractivity contribution in [2.45, 2.75) is 27.7 Å². The van der Waals surface area contributed by atoms with Gasteiger partial charge in [-0.3, -0.25) is 14.4 Å². The lowest BCUT2D eigenvalue weighted by Gasteiger charge is -2.21. The number of carbonyl (C=O) groups excluding carboxylic acids is 2. The summed E-state index contributed by atoms with van der Waals surface area (Å²) >= 11 is 13.9. The van der Waals surface area contributed by atoms with Gasteiger partial charge in [-0.1, -0.05) is 35.3 Å². The highest BCUT2D eigenvalue weighted by atomic mass is 35.5. The van der Waals surface area contributed by atoms with E-state index in [1.165, 1.54) is 24.3 Å². The first-order valence-corrected chi connectivity index (χ1v) is 21.0. The Morgan fingerprint density at radius 2 is 1.41 bits per heavy atom. The molecule has 4 aromatic rings. The summed E-state index contributed by atoms with van der Waals surface area (Å²) in [5.41, 5.74) is 6.62. The maximum absolute atomic E-state index is 13.6. The number of carboxylic acid groups (broad SMARTS) is 1. The van der Waals surface area contributed by atoms with Crippen LogP contribution >= 0.6 is 23.2 Å². The first-order chi connectivity index (χ1) is 30.3. The number of amides is 2. The third-order valence-corrected chi connectivity index (χ3v) is 11.6. The molecule has 0 radical (unpaired) electrons. The first kappa shape index (κ1) is 42.5. The molecule has 12 nitrogen and oxygen atoms in total. The van der Waals surface area contributed by atoms with Crippen LogP contribution in [0.5, 0.6) is 5.75 Å². The Morgan fingerprint density at radius 1 is 0.714 bits per heavy atom. The van der Waals surface area contributed by atoms with Crippen molar-refractivity contribution in [3.05, 3.63) is 144 Å². The lowest BCUT2D eigenvalue weighted by atomic mass is 9.88. The molecule has 0 bridgehead atoms. The van der Waals surface area contributed by atoms with Gasteiger partial charge in [0.2, 0.25) is 5.36 Å². The highest BCUT2D eigenvalue weighted by Crippen LogP contribution is 2.48. The number of nitrogens with one attached hydrogen (secondary N) is 4. The van der Waals surface area contributed by atoms with Crippen LogP contribution in [0.15, 0.2) is 105 Å². The number of aromatic carboxylic acids is 1. The van der Waals surface area contributed by atoms with E-state index in [2.05, 4.69) is 20.9 Å². The van der Waals surface area contributed by atoms with E-state index in [-0.39, 0.29) is 51.0 Å². The molecule has 2 aliphatic carbocycles. The van der Waals surface area contributed by atoms with Crippen molar-refractivity contribution in [1.82, 2.24) is 10.6 Å². The number of rotatable bonds is 11. The topological polar surface area (TPSA) is 185 Å². The van der Waals surface area contributed by atoms with Crippen LogP contribution in [0.2, 0.25) is 10.0 Å². The van der Waals surface area contributed by atoms with Crippen molar-refractivity contribution < 1.29 is 38.4 Å². The van der Waals surface area contributed by atoms with E-state index >= 15 is 0 Å². The number of carboxylic acids is 1. The minimum Gasteiger partial charge on any atom is -0.508 e. The number of hydrogen-bond donors (Lipinski definition) is 6. The second kappa shape index (κ2) is 17.3. The second-order valence-corrected chi connectivity index (χ2v) is 15.8. The predicted molar refractivity (Wildman–Crippen MR) is 244 cm³/mol. The van der Waals surface area contributed by atoms with Crippen LogP contribution in [0.25, 0.3) is 66.8 Å². The largest absolute Gasteiger partial charge is 0.508 e. The minimum absolute atomic E-state index is 0.00600. The van der Waals surface area contributed by atoms with Crippen molar-refractivity contribution in [2.24, 2.45) is 0 Å². The van der Waals surface area contributed by atoms with Crippen LogP contribution in [0.4, 0.5) is 5.69 Å². The molecular weight excluding hydrogens is 843 g/mol. The third-order valence-electron chi connectivity index (χ3n) is 10.9. The molecule has 0 aromatic heterocycles. The van der Waals surface area contributed by atoms with Gasteiger partial charge in [-0.05, 0) is 93.4 Å². The van der Waals surface area contributed by atoms with Gasteiger partial charge in [-0.25, -0.2) is 9.79 Å². The molecule has 2 amide bonds. The van der Waals surface area contributed by atoms with E-state index in [0.29, 0.717) is 68.8 Å². The summed E-state index contributed by atoms with van der Waals surface area (Å²) < 4.78 is 12.4. The van der Waals surface area contributed by atoms with Crippen molar-refractivity contribution in [1.29, 1.82) is 0 Å². The maximum atomic E-state index is 13.6. The summed E-state index contributed by atoms with van der Waals surface area (Å²) in [6.45, 7) is 9.22. The van der Waals surface area contributed by atoms with E-state index in [1.807, 2.05) is 52.0 Å². The van der Waals surface area contributed by atoms with Gasteiger partial charge in [0.05, 0.1) is 27.2 Å². The summed E-state index contributed by atoms with van der Waals surface area (Å²) in [6, 6.07) is 25.1. The normalized spacial score (nSPS) is 11.7. The average Bonchev–Trinajstić information content (AvgIpc) is 3.25. The molecule has 0 spiro atoms. The van der Waals surface area contributed by atoms with Gasteiger partial charge in [0.15, 0.2) is 5.43 Å². The van der Waals surface area contributed by atoms with Crippen LogP contribution in [0.3, 0.4) is 0 Å². The maximum Gasteiger partial charge on any atom is 0.337 e. The third kappa shape index (κ3) is 8.06. The number of hydrogen-bond acceptors (Lipinski definition) is 8. The number of aromatic hydroxyl groups is 1. The van der Waals surface area contributed by atoms with E-state index < -0.39 is 17.8 Å². The molecule has 8 rings (SSSR count). The van der Waals surface area contributed by atoms with Crippen LogP contribution in [-0.2, 0) is 0 Å². The van der Waals surface area contributed by atoms with Gasteiger partial charge in [0.25, 0.3) is 11.8 Å². The molecule has 6 N–H and O–H groups in total. The molecule has 2 heterocycles. The van der Waals surface area contributed by atoms with E-state index in [0.717, 1.165) is 33.3 Å². The number of halogens is 2. The summed E-state index contributed by atoms with van der Waals surface area (Å²) in [4.78, 5) is 55.5. The van der Waals surface area contributed by atoms with E-state index in [1.54, 1.807) is 42.5 Å². The molecular formula is C49H41Cl2N4O8+. The van der Waals surface area contributed by atoms with Crippen molar-refractivity contribution in [2.75, 3.05) is 31.5 Å². The molecule has 4 aromatic carbocycles. The van der Waals surface area contributed by atoms with Crippen LogP contribution < -0.4 is 31.7 Å². The molecule has 14 heteroatoms. The van der Waals surface area contributed by atoms with Gasteiger partial charge in [-0.2, -0.15) is 0 Å². The molecule has 0 saturated heterocycles. The molecule has 0 fully saturated rings. The van der Waals surface area contributed by atoms with Crippen molar-refractivity contribution >= 4 is 68.6 Å². The summed E-state index contributed by atoms with van der Waals surface area (Å²) in [6.07, 6.45) is 0.